The van der Waals surface area contributed by atoms with Crippen molar-refractivity contribution in [2.75, 3.05) is 0 Å². The molecule has 0 spiro atoms. The summed E-state index contributed by atoms with van der Waals surface area (Å²) in [4.78, 5) is 18.2. The molecule has 18 heavy (non-hydrogen) atoms. The van der Waals surface area contributed by atoms with Crippen LogP contribution in [0.1, 0.15) is 26.0 Å². The van der Waals surface area contributed by atoms with Gasteiger partial charge in [-0.3, -0.25) is 4.79 Å². The van der Waals surface area contributed by atoms with E-state index in [1.807, 2.05) is 6.92 Å². The number of aromatic nitrogens is 4. The third kappa shape index (κ3) is 1.63. The monoisotopic (exact) mass is 250 g/mol. The number of nitrogens with one attached hydrogen (secondary N) is 1. The molecule has 1 saturated heterocycles. The topological polar surface area (TPSA) is 93.0 Å². The predicted molar refractivity (Wildman–Crippen MR) is 63.0 cm³/mol. The molecular formula is C11H14N4O3. The normalized spacial score (nSPS) is 28.0. The molecule has 1 aliphatic heterocycles. The number of aromatic amines is 1. The molecule has 3 heterocycles. The first-order valence-corrected chi connectivity index (χ1v) is 5.95. The fourth-order valence-electron chi connectivity index (χ4n) is 2.32. The Morgan fingerprint density at radius 3 is 3.22 bits per heavy atom. The second kappa shape index (κ2) is 4.18. The number of hydrogen-bond donors (Lipinski definition) is 2. The number of hydrogen-bond acceptors (Lipinski definition) is 5. The average Bonchev–Trinajstić information content (AvgIpc) is 2.93. The van der Waals surface area contributed by atoms with Gasteiger partial charge in [0, 0.05) is 6.42 Å². The number of aliphatic hydroxyl groups is 1. The Hall–Kier alpha value is -1.73. The van der Waals surface area contributed by atoms with Crippen LogP contribution < -0.4 is 5.56 Å². The number of fused-ring (bicyclic) bond motifs is 1. The lowest BCUT2D eigenvalue weighted by atomic mass is 10.1. The van der Waals surface area contributed by atoms with Gasteiger partial charge in [-0.25, -0.2) is 9.67 Å². The Bertz CT molecular complexity index is 620. The maximum atomic E-state index is 11.6. The van der Waals surface area contributed by atoms with Gasteiger partial charge in [0.15, 0.2) is 11.9 Å². The Morgan fingerprint density at radius 1 is 1.67 bits per heavy atom. The standard InChI is InChI=1S/C11H14N4O3/c1-2-8-7(16)3-9(18-8)15-10-6(4-14-15)11(17)13-5-12-10/h4-5,7-9,16H,2-3H2,1H3,(H,12,13,17)/t7-,8+,9+/m0/s1. The zero-order chi connectivity index (χ0) is 12.7. The summed E-state index contributed by atoms with van der Waals surface area (Å²) in [5, 5.41) is 14.4. The van der Waals surface area contributed by atoms with Gasteiger partial charge in [-0.2, -0.15) is 5.10 Å². The van der Waals surface area contributed by atoms with Crippen LogP contribution in [0.5, 0.6) is 0 Å². The first-order chi connectivity index (χ1) is 8.70. The van der Waals surface area contributed by atoms with Crippen molar-refractivity contribution in [2.24, 2.45) is 0 Å². The maximum absolute atomic E-state index is 11.6. The van der Waals surface area contributed by atoms with Crippen molar-refractivity contribution in [1.29, 1.82) is 0 Å². The zero-order valence-corrected chi connectivity index (χ0v) is 9.91. The molecule has 3 rings (SSSR count). The van der Waals surface area contributed by atoms with Crippen molar-refractivity contribution in [2.45, 2.75) is 38.2 Å². The van der Waals surface area contributed by atoms with Crippen LogP contribution in [-0.2, 0) is 4.74 Å². The largest absolute Gasteiger partial charge is 0.390 e. The molecule has 0 amide bonds. The zero-order valence-electron chi connectivity index (χ0n) is 9.91. The van der Waals surface area contributed by atoms with E-state index in [2.05, 4.69) is 15.1 Å². The molecule has 96 valence electrons. The van der Waals surface area contributed by atoms with Crippen molar-refractivity contribution in [3.63, 3.8) is 0 Å². The van der Waals surface area contributed by atoms with E-state index in [0.29, 0.717) is 17.5 Å². The number of rotatable bonds is 2. The Labute approximate surface area is 102 Å². The smallest absolute Gasteiger partial charge is 0.261 e. The summed E-state index contributed by atoms with van der Waals surface area (Å²) in [6.07, 6.45) is 2.96. The summed E-state index contributed by atoms with van der Waals surface area (Å²) in [6.45, 7) is 1.96. The molecule has 3 atom stereocenters. The lowest BCUT2D eigenvalue weighted by Gasteiger charge is -2.13. The summed E-state index contributed by atoms with van der Waals surface area (Å²) in [6, 6.07) is 0. The molecule has 0 unspecified atom stereocenters. The van der Waals surface area contributed by atoms with Crippen LogP contribution in [0.4, 0.5) is 0 Å². The minimum Gasteiger partial charge on any atom is -0.390 e. The van der Waals surface area contributed by atoms with Crippen LogP contribution in [-0.4, -0.2) is 37.1 Å². The lowest BCUT2D eigenvalue weighted by molar-refractivity contribution is -0.0232. The van der Waals surface area contributed by atoms with E-state index in [4.69, 9.17) is 4.74 Å². The highest BCUT2D eigenvalue weighted by molar-refractivity contribution is 5.72. The molecule has 0 bridgehead atoms. The fourth-order valence-corrected chi connectivity index (χ4v) is 2.32. The van der Waals surface area contributed by atoms with Crippen LogP contribution in [0.2, 0.25) is 0 Å². The van der Waals surface area contributed by atoms with Gasteiger partial charge in [0.25, 0.3) is 5.56 Å². The minimum atomic E-state index is -0.499. The van der Waals surface area contributed by atoms with Gasteiger partial charge in [-0.15, -0.1) is 0 Å². The van der Waals surface area contributed by atoms with E-state index in [1.165, 1.54) is 12.5 Å². The second-order valence-corrected chi connectivity index (χ2v) is 4.40. The molecule has 2 aromatic heterocycles. The minimum absolute atomic E-state index is 0.184. The van der Waals surface area contributed by atoms with Crippen LogP contribution in [0, 0.1) is 0 Å². The third-order valence-corrected chi connectivity index (χ3v) is 3.28. The first kappa shape index (κ1) is 11.4. The van der Waals surface area contributed by atoms with E-state index in [-0.39, 0.29) is 17.9 Å². The molecule has 0 aromatic carbocycles. The quantitative estimate of drug-likeness (QED) is 0.793. The predicted octanol–water partition coefficient (Wildman–Crippen LogP) is 0.178. The number of nitrogens with zero attached hydrogens (tertiary/aromatic N) is 3. The summed E-state index contributed by atoms with van der Waals surface area (Å²) in [5.41, 5.74) is 0.254. The van der Waals surface area contributed by atoms with E-state index in [1.54, 1.807) is 4.68 Å². The van der Waals surface area contributed by atoms with Crippen molar-refractivity contribution >= 4 is 11.0 Å². The molecule has 1 fully saturated rings. The van der Waals surface area contributed by atoms with E-state index in [0.717, 1.165) is 6.42 Å². The molecule has 0 aliphatic carbocycles. The second-order valence-electron chi connectivity index (χ2n) is 4.40. The summed E-state index contributed by atoms with van der Waals surface area (Å²) >= 11 is 0. The van der Waals surface area contributed by atoms with E-state index >= 15 is 0 Å². The highest BCUT2D eigenvalue weighted by Crippen LogP contribution is 2.30. The van der Waals surface area contributed by atoms with Crippen molar-refractivity contribution in [1.82, 2.24) is 19.7 Å². The molecule has 0 radical (unpaired) electrons. The third-order valence-electron chi connectivity index (χ3n) is 3.28. The van der Waals surface area contributed by atoms with Crippen LogP contribution in [0.25, 0.3) is 11.0 Å². The van der Waals surface area contributed by atoms with Gasteiger partial charge < -0.3 is 14.8 Å². The van der Waals surface area contributed by atoms with Crippen molar-refractivity contribution < 1.29 is 9.84 Å². The van der Waals surface area contributed by atoms with Crippen LogP contribution in [0.3, 0.4) is 0 Å². The van der Waals surface area contributed by atoms with Gasteiger partial charge in [-0.1, -0.05) is 6.92 Å². The van der Waals surface area contributed by atoms with Gasteiger partial charge >= 0.3 is 0 Å². The number of aliphatic hydroxyl groups excluding tert-OH is 1. The summed E-state index contributed by atoms with van der Waals surface area (Å²) in [7, 11) is 0. The average molecular weight is 250 g/mol. The van der Waals surface area contributed by atoms with Gasteiger partial charge in [0.2, 0.25) is 0 Å². The highest BCUT2D eigenvalue weighted by atomic mass is 16.5. The maximum Gasteiger partial charge on any atom is 0.261 e. The van der Waals surface area contributed by atoms with Crippen molar-refractivity contribution in [3.8, 4) is 0 Å². The van der Waals surface area contributed by atoms with Crippen LogP contribution >= 0.6 is 0 Å². The fraction of sp³-hybridized carbons (Fsp3) is 0.545. The number of H-pyrrole nitrogens is 1. The summed E-state index contributed by atoms with van der Waals surface area (Å²) in [5.74, 6) is 0. The Morgan fingerprint density at radius 2 is 2.50 bits per heavy atom. The van der Waals surface area contributed by atoms with Crippen molar-refractivity contribution in [3.05, 3.63) is 22.9 Å². The van der Waals surface area contributed by atoms with E-state index < -0.39 is 6.10 Å². The molecule has 1 aliphatic rings. The molecular weight excluding hydrogens is 236 g/mol. The Balaban J connectivity index is 2.01. The van der Waals surface area contributed by atoms with Gasteiger partial charge in [0.1, 0.15) is 5.39 Å². The number of ether oxygens (including phenoxy) is 1. The SMILES string of the molecule is CC[C@H]1O[C@@H](n2ncc3c(=O)[nH]cnc32)C[C@@H]1O. The molecule has 7 nitrogen and oxygen atoms in total. The molecule has 2 N–H and O–H groups in total. The molecule has 2 aromatic rings. The van der Waals surface area contributed by atoms with Gasteiger partial charge in [0.05, 0.1) is 24.7 Å². The molecule has 0 saturated carbocycles. The summed E-state index contributed by atoms with van der Waals surface area (Å²) < 4.78 is 7.27. The highest BCUT2D eigenvalue weighted by Gasteiger charge is 2.35. The lowest BCUT2D eigenvalue weighted by Crippen LogP contribution is -2.19. The van der Waals surface area contributed by atoms with Crippen LogP contribution in [0.15, 0.2) is 17.3 Å². The first-order valence-electron chi connectivity index (χ1n) is 5.95. The van der Waals surface area contributed by atoms with Gasteiger partial charge in [-0.05, 0) is 6.42 Å². The Kier molecular flexibility index (Phi) is 2.64. The molecule has 7 heteroatoms. The van der Waals surface area contributed by atoms with E-state index in [9.17, 15) is 9.90 Å².